The van der Waals surface area contributed by atoms with Gasteiger partial charge in [-0.05, 0) is 36.1 Å². The van der Waals surface area contributed by atoms with E-state index in [1.54, 1.807) is 0 Å². The molecule has 1 rings (SSSR count). The number of hydrogen-bond donors (Lipinski definition) is 1. The van der Waals surface area contributed by atoms with E-state index < -0.39 is 35.4 Å². The summed E-state index contributed by atoms with van der Waals surface area (Å²) in [6.45, 7) is 3.24. The first kappa shape index (κ1) is 21.8. The second-order valence-electron chi connectivity index (χ2n) is 6.06. The summed E-state index contributed by atoms with van der Waals surface area (Å²) in [4.78, 5) is 45.2. The third-order valence-electron chi connectivity index (χ3n) is 3.39. The zero-order chi connectivity index (χ0) is 20.4. The molecule has 1 aromatic rings. The molecule has 0 radical (unpaired) electrons. The van der Waals surface area contributed by atoms with Gasteiger partial charge in [-0.2, -0.15) is 0 Å². The van der Waals surface area contributed by atoms with E-state index in [4.69, 9.17) is 4.74 Å². The van der Waals surface area contributed by atoms with Crippen molar-refractivity contribution in [1.29, 1.82) is 0 Å². The minimum Gasteiger partial charge on any atom is -0.467 e. The number of nitrogens with zero attached hydrogens (tertiary/aromatic N) is 1. The lowest BCUT2D eigenvalue weighted by Crippen LogP contribution is -2.44. The van der Waals surface area contributed by atoms with Gasteiger partial charge in [0, 0.05) is 18.2 Å². The molecular weight excluding hydrogens is 356 g/mol. The first-order chi connectivity index (χ1) is 12.7. The number of hydrogen-bond acceptors (Lipinski definition) is 7. The Hall–Kier alpha value is -3.23. The maximum atomic E-state index is 11.9. The molecule has 0 spiro atoms. The highest BCUT2D eigenvalue weighted by atomic mass is 16.6. The predicted molar refractivity (Wildman–Crippen MR) is 96.5 cm³/mol. The van der Waals surface area contributed by atoms with E-state index in [0.717, 1.165) is 6.08 Å². The fourth-order valence-electron chi connectivity index (χ4n) is 2.12. The van der Waals surface area contributed by atoms with Crippen molar-refractivity contribution in [1.82, 2.24) is 5.32 Å². The van der Waals surface area contributed by atoms with Gasteiger partial charge in [0.1, 0.15) is 6.04 Å². The number of benzene rings is 1. The lowest BCUT2D eigenvalue weighted by Gasteiger charge is -2.18. The zero-order valence-electron chi connectivity index (χ0n) is 15.3. The Morgan fingerprint density at radius 3 is 2.37 bits per heavy atom. The molecule has 0 saturated heterocycles. The van der Waals surface area contributed by atoms with Gasteiger partial charge in [-0.1, -0.05) is 13.8 Å². The van der Waals surface area contributed by atoms with Crippen LogP contribution in [0.2, 0.25) is 0 Å². The number of carbonyl (C=O) groups excluding carboxylic acids is 3. The Labute approximate surface area is 156 Å². The molecule has 0 aromatic heterocycles. The van der Waals surface area contributed by atoms with Crippen molar-refractivity contribution >= 4 is 29.6 Å². The largest absolute Gasteiger partial charge is 0.467 e. The Kier molecular flexibility index (Phi) is 8.64. The molecule has 0 heterocycles. The van der Waals surface area contributed by atoms with E-state index in [1.165, 1.54) is 37.5 Å². The summed E-state index contributed by atoms with van der Waals surface area (Å²) in [6.07, 6.45) is 2.90. The van der Waals surface area contributed by atoms with Crippen LogP contribution >= 0.6 is 0 Å². The van der Waals surface area contributed by atoms with E-state index in [1.807, 2.05) is 13.8 Å². The van der Waals surface area contributed by atoms with Crippen molar-refractivity contribution in [2.24, 2.45) is 5.92 Å². The fourth-order valence-corrected chi connectivity index (χ4v) is 2.12. The van der Waals surface area contributed by atoms with E-state index in [9.17, 15) is 24.5 Å². The molecule has 146 valence electrons. The molecule has 0 bridgehead atoms. The normalized spacial score (nSPS) is 11.9. The van der Waals surface area contributed by atoms with Crippen molar-refractivity contribution in [2.45, 2.75) is 26.3 Å². The lowest BCUT2D eigenvalue weighted by atomic mass is 10.0. The molecule has 27 heavy (non-hydrogen) atoms. The van der Waals surface area contributed by atoms with Gasteiger partial charge in [0.25, 0.3) is 11.6 Å². The van der Waals surface area contributed by atoms with Crippen molar-refractivity contribution < 1.29 is 28.8 Å². The summed E-state index contributed by atoms with van der Waals surface area (Å²) < 4.78 is 9.44. The molecule has 0 aliphatic rings. The molecule has 0 saturated carbocycles. The number of methoxy groups -OCH3 is 1. The van der Waals surface area contributed by atoms with Crippen LogP contribution in [0.25, 0.3) is 6.08 Å². The second kappa shape index (κ2) is 10.7. The van der Waals surface area contributed by atoms with Gasteiger partial charge >= 0.3 is 11.9 Å². The molecule has 0 aliphatic carbocycles. The van der Waals surface area contributed by atoms with Crippen LogP contribution in [-0.2, 0) is 23.9 Å². The minimum absolute atomic E-state index is 0.0621. The SMILES string of the molecule is COC(=O)C(CC(C)C)NC(=O)COC(=O)/C=C/c1ccc([N+](=O)[O-])cc1. The number of ether oxygens (including phenoxy) is 2. The number of nitro benzene ring substituents is 1. The Balaban J connectivity index is 2.51. The van der Waals surface area contributed by atoms with E-state index >= 15 is 0 Å². The highest BCUT2D eigenvalue weighted by Crippen LogP contribution is 2.12. The quantitative estimate of drug-likeness (QED) is 0.301. The smallest absolute Gasteiger partial charge is 0.331 e. The van der Waals surface area contributed by atoms with Crippen LogP contribution in [0, 0.1) is 16.0 Å². The highest BCUT2D eigenvalue weighted by Gasteiger charge is 2.22. The zero-order valence-corrected chi connectivity index (χ0v) is 15.3. The molecule has 1 atom stereocenters. The van der Waals surface area contributed by atoms with Crippen molar-refractivity contribution in [3.63, 3.8) is 0 Å². The van der Waals surface area contributed by atoms with E-state index in [-0.39, 0.29) is 11.6 Å². The first-order valence-electron chi connectivity index (χ1n) is 8.19. The molecule has 1 amide bonds. The van der Waals surface area contributed by atoms with Crippen LogP contribution in [0.5, 0.6) is 0 Å². The van der Waals surface area contributed by atoms with E-state index in [0.29, 0.717) is 12.0 Å². The maximum Gasteiger partial charge on any atom is 0.331 e. The summed E-state index contributed by atoms with van der Waals surface area (Å²) >= 11 is 0. The standard InChI is InChI=1S/C18H22N2O7/c1-12(2)10-15(18(23)26-3)19-16(21)11-27-17(22)9-6-13-4-7-14(8-5-13)20(24)25/h4-9,12,15H,10-11H2,1-3H3,(H,19,21)/b9-6+. The molecule has 1 aromatic carbocycles. The number of nitro groups is 1. The molecular formula is C18H22N2O7. The van der Waals surface area contributed by atoms with Gasteiger partial charge in [-0.15, -0.1) is 0 Å². The van der Waals surface area contributed by atoms with Gasteiger partial charge in [-0.25, -0.2) is 9.59 Å². The number of esters is 2. The molecule has 0 aliphatic heterocycles. The number of nitrogens with one attached hydrogen (secondary N) is 1. The average molecular weight is 378 g/mol. The van der Waals surface area contributed by atoms with Crippen LogP contribution in [0.15, 0.2) is 30.3 Å². The van der Waals surface area contributed by atoms with Gasteiger partial charge in [0.05, 0.1) is 12.0 Å². The van der Waals surface area contributed by atoms with Gasteiger partial charge in [-0.3, -0.25) is 14.9 Å². The Morgan fingerprint density at radius 1 is 1.22 bits per heavy atom. The van der Waals surface area contributed by atoms with Crippen LogP contribution < -0.4 is 5.32 Å². The second-order valence-corrected chi connectivity index (χ2v) is 6.06. The summed E-state index contributed by atoms with van der Waals surface area (Å²) in [6, 6.07) is 4.75. The minimum atomic E-state index is -0.808. The Bertz CT molecular complexity index is 711. The number of amides is 1. The van der Waals surface area contributed by atoms with Crippen molar-refractivity contribution in [3.05, 3.63) is 46.0 Å². The predicted octanol–water partition coefficient (Wildman–Crippen LogP) is 1.86. The average Bonchev–Trinajstić information content (AvgIpc) is 2.63. The Morgan fingerprint density at radius 2 is 1.85 bits per heavy atom. The summed E-state index contributed by atoms with van der Waals surface area (Å²) in [7, 11) is 1.23. The molecule has 1 unspecified atom stereocenters. The third kappa shape index (κ3) is 8.13. The van der Waals surface area contributed by atoms with Gasteiger partial charge < -0.3 is 14.8 Å². The first-order valence-corrected chi connectivity index (χ1v) is 8.19. The monoisotopic (exact) mass is 378 g/mol. The molecule has 9 heteroatoms. The van der Waals surface area contributed by atoms with Gasteiger partial charge in [0.2, 0.25) is 0 Å². The summed E-state index contributed by atoms with van der Waals surface area (Å²) in [5.74, 6) is -1.80. The molecule has 0 fully saturated rings. The van der Waals surface area contributed by atoms with Crippen LogP contribution in [-0.4, -0.2) is 42.5 Å². The topological polar surface area (TPSA) is 125 Å². The number of rotatable bonds is 9. The van der Waals surface area contributed by atoms with Crippen LogP contribution in [0.3, 0.4) is 0 Å². The maximum absolute atomic E-state index is 11.9. The number of carbonyl (C=O) groups is 3. The van der Waals surface area contributed by atoms with Crippen molar-refractivity contribution in [2.75, 3.05) is 13.7 Å². The van der Waals surface area contributed by atoms with Crippen LogP contribution in [0.1, 0.15) is 25.8 Å². The molecule has 1 N–H and O–H groups in total. The highest BCUT2D eigenvalue weighted by molar-refractivity contribution is 5.90. The van der Waals surface area contributed by atoms with Crippen LogP contribution in [0.4, 0.5) is 5.69 Å². The van der Waals surface area contributed by atoms with Gasteiger partial charge in [0.15, 0.2) is 6.61 Å². The molecule has 9 nitrogen and oxygen atoms in total. The van der Waals surface area contributed by atoms with Crippen molar-refractivity contribution in [3.8, 4) is 0 Å². The lowest BCUT2D eigenvalue weighted by molar-refractivity contribution is -0.384. The third-order valence-corrected chi connectivity index (χ3v) is 3.39. The summed E-state index contributed by atoms with van der Waals surface area (Å²) in [5.41, 5.74) is 0.498. The van der Waals surface area contributed by atoms with E-state index in [2.05, 4.69) is 10.1 Å². The summed E-state index contributed by atoms with van der Waals surface area (Å²) in [5, 5.41) is 13.0. The number of non-ortho nitro benzene ring substituents is 1. The fraction of sp³-hybridized carbons (Fsp3) is 0.389.